The Morgan fingerprint density at radius 2 is 1.86 bits per heavy atom. The normalized spacial score (nSPS) is 14.9. The first-order valence-corrected chi connectivity index (χ1v) is 9.89. The van der Waals surface area contributed by atoms with Crippen LogP contribution in [0.25, 0.3) is 0 Å². The van der Waals surface area contributed by atoms with Crippen molar-refractivity contribution >= 4 is 11.8 Å². The van der Waals surface area contributed by atoms with Gasteiger partial charge in [-0.2, -0.15) is 0 Å². The van der Waals surface area contributed by atoms with E-state index < -0.39 is 12.0 Å². The monoisotopic (exact) mass is 400 g/mol. The first-order chi connectivity index (χ1) is 13.8. The van der Waals surface area contributed by atoms with Crippen LogP contribution < -0.4 is 14.8 Å². The molecule has 2 heterocycles. The Morgan fingerprint density at radius 3 is 2.55 bits per heavy atom. The van der Waals surface area contributed by atoms with Crippen LogP contribution in [0.15, 0.2) is 18.2 Å². The Kier molecular flexibility index (Phi) is 6.27. The van der Waals surface area contributed by atoms with E-state index in [0.29, 0.717) is 35.7 Å². The molecule has 2 unspecified atom stereocenters. The molecule has 0 bridgehead atoms. The van der Waals surface area contributed by atoms with E-state index in [4.69, 9.17) is 14.2 Å². The summed E-state index contributed by atoms with van der Waals surface area (Å²) >= 11 is 0. The van der Waals surface area contributed by atoms with Crippen molar-refractivity contribution in [2.75, 3.05) is 19.8 Å². The second kappa shape index (κ2) is 8.69. The van der Waals surface area contributed by atoms with Crippen LogP contribution in [-0.2, 0) is 4.74 Å². The fraction of sp³-hybridized carbons (Fsp3) is 0.455. The number of aryl methyl sites for hydroxylation is 1. The molecule has 2 atom stereocenters. The lowest BCUT2D eigenvalue weighted by Gasteiger charge is -2.23. The molecular weight excluding hydrogens is 372 g/mol. The van der Waals surface area contributed by atoms with Gasteiger partial charge in [-0.25, -0.2) is 4.79 Å². The van der Waals surface area contributed by atoms with Crippen molar-refractivity contribution in [3.8, 4) is 11.5 Å². The Bertz CT molecular complexity index is 918. The molecule has 1 aromatic heterocycles. The van der Waals surface area contributed by atoms with E-state index in [9.17, 15) is 9.59 Å². The van der Waals surface area contributed by atoms with Crippen molar-refractivity contribution in [2.24, 2.45) is 0 Å². The molecule has 156 valence electrons. The van der Waals surface area contributed by atoms with Crippen molar-refractivity contribution < 1.29 is 23.8 Å². The third-order valence-corrected chi connectivity index (χ3v) is 5.12. The zero-order chi connectivity index (χ0) is 21.1. The van der Waals surface area contributed by atoms with E-state index in [1.165, 1.54) is 0 Å². The van der Waals surface area contributed by atoms with Gasteiger partial charge in [0.15, 0.2) is 17.3 Å². The van der Waals surface area contributed by atoms with Gasteiger partial charge in [0.05, 0.1) is 23.9 Å². The highest BCUT2D eigenvalue weighted by Crippen LogP contribution is 2.32. The van der Waals surface area contributed by atoms with E-state index in [1.807, 2.05) is 32.0 Å². The molecule has 2 aromatic rings. The van der Waals surface area contributed by atoms with Crippen molar-refractivity contribution in [2.45, 2.75) is 46.7 Å². The summed E-state index contributed by atoms with van der Waals surface area (Å²) < 4.78 is 16.3. The smallest absolute Gasteiger partial charge is 0.340 e. The average Bonchev–Trinajstić information content (AvgIpc) is 3.01. The molecule has 3 rings (SSSR count). The lowest BCUT2D eigenvalue weighted by Crippen LogP contribution is -2.36. The predicted octanol–water partition coefficient (Wildman–Crippen LogP) is 3.50. The van der Waals surface area contributed by atoms with Gasteiger partial charge >= 0.3 is 5.97 Å². The fourth-order valence-electron chi connectivity index (χ4n) is 3.60. The molecule has 0 spiro atoms. The van der Waals surface area contributed by atoms with Crippen molar-refractivity contribution in [3.05, 3.63) is 46.3 Å². The molecule has 1 aliphatic rings. The number of ketones is 1. The summed E-state index contributed by atoms with van der Waals surface area (Å²) in [7, 11) is 0. The van der Waals surface area contributed by atoms with Crippen LogP contribution in [0, 0.1) is 13.8 Å². The molecule has 1 aromatic carbocycles. The van der Waals surface area contributed by atoms with Crippen LogP contribution in [0.5, 0.6) is 11.5 Å². The molecule has 7 nitrogen and oxygen atoms in total. The standard InChI is InChI=1S/C22H28N2O5/c1-6-27-22(26)19-12(2)20(24-14(19)4)21(25)15(5)23-13(3)16-7-8-17-18(11-16)29-10-9-28-17/h7-8,11,13,15,23-24H,6,9-10H2,1-5H3. The summed E-state index contributed by atoms with van der Waals surface area (Å²) in [6.45, 7) is 10.5. The number of esters is 1. The molecule has 0 saturated heterocycles. The Hall–Kier alpha value is -2.80. The van der Waals surface area contributed by atoms with Gasteiger partial charge in [0.2, 0.25) is 0 Å². The minimum absolute atomic E-state index is 0.0781. The van der Waals surface area contributed by atoms with Crippen molar-refractivity contribution in [1.29, 1.82) is 0 Å². The molecule has 0 amide bonds. The molecule has 0 aliphatic carbocycles. The third kappa shape index (κ3) is 4.29. The molecule has 0 fully saturated rings. The first-order valence-electron chi connectivity index (χ1n) is 9.89. The number of fused-ring (bicyclic) bond motifs is 1. The van der Waals surface area contributed by atoms with Crippen LogP contribution in [0.2, 0.25) is 0 Å². The highest BCUT2D eigenvalue weighted by Gasteiger charge is 2.26. The fourth-order valence-corrected chi connectivity index (χ4v) is 3.60. The van der Waals surface area contributed by atoms with Crippen molar-refractivity contribution in [1.82, 2.24) is 10.3 Å². The average molecular weight is 400 g/mol. The number of aromatic amines is 1. The Balaban J connectivity index is 1.74. The summed E-state index contributed by atoms with van der Waals surface area (Å²) in [6.07, 6.45) is 0. The van der Waals surface area contributed by atoms with Gasteiger partial charge in [-0.15, -0.1) is 0 Å². The summed E-state index contributed by atoms with van der Waals surface area (Å²) in [5, 5.41) is 3.33. The van der Waals surface area contributed by atoms with Crippen LogP contribution in [0.3, 0.4) is 0 Å². The summed E-state index contributed by atoms with van der Waals surface area (Å²) in [4.78, 5) is 28.3. The SMILES string of the molecule is CCOC(=O)c1c(C)[nH]c(C(=O)C(C)NC(C)c2ccc3c(c2)OCCO3)c1C. The number of carbonyl (C=O) groups excluding carboxylic acids is 2. The predicted molar refractivity (Wildman–Crippen MR) is 109 cm³/mol. The van der Waals surface area contributed by atoms with Crippen LogP contribution in [-0.4, -0.2) is 42.6 Å². The maximum atomic E-state index is 13.0. The number of ether oxygens (including phenoxy) is 3. The quantitative estimate of drug-likeness (QED) is 0.546. The number of carbonyl (C=O) groups is 2. The second-order valence-corrected chi connectivity index (χ2v) is 7.22. The number of rotatable bonds is 7. The van der Waals surface area contributed by atoms with E-state index in [-0.39, 0.29) is 18.4 Å². The highest BCUT2D eigenvalue weighted by molar-refractivity contribution is 6.03. The van der Waals surface area contributed by atoms with Gasteiger partial charge in [-0.05, 0) is 57.9 Å². The number of benzene rings is 1. The highest BCUT2D eigenvalue weighted by atomic mass is 16.6. The minimum Gasteiger partial charge on any atom is -0.486 e. The second-order valence-electron chi connectivity index (χ2n) is 7.22. The van der Waals surface area contributed by atoms with E-state index in [0.717, 1.165) is 17.1 Å². The van der Waals surface area contributed by atoms with E-state index >= 15 is 0 Å². The number of hydrogen-bond donors (Lipinski definition) is 2. The van der Waals surface area contributed by atoms with Gasteiger partial charge in [-0.3, -0.25) is 4.79 Å². The summed E-state index contributed by atoms with van der Waals surface area (Å²) in [5.74, 6) is 0.935. The molecular formula is C22H28N2O5. The maximum Gasteiger partial charge on any atom is 0.340 e. The summed E-state index contributed by atoms with van der Waals surface area (Å²) in [5.41, 5.74) is 3.12. The Labute approximate surface area is 170 Å². The maximum absolute atomic E-state index is 13.0. The van der Waals surface area contributed by atoms with Gasteiger partial charge < -0.3 is 24.5 Å². The Morgan fingerprint density at radius 1 is 1.17 bits per heavy atom. The third-order valence-electron chi connectivity index (χ3n) is 5.12. The number of nitrogens with one attached hydrogen (secondary N) is 2. The lowest BCUT2D eigenvalue weighted by molar-refractivity contribution is 0.0525. The first kappa shape index (κ1) is 20.9. The zero-order valence-corrected chi connectivity index (χ0v) is 17.5. The molecule has 7 heteroatoms. The van der Waals surface area contributed by atoms with E-state index in [1.54, 1.807) is 20.8 Å². The molecule has 0 saturated carbocycles. The molecule has 1 aliphatic heterocycles. The van der Waals surface area contributed by atoms with Gasteiger partial charge in [0.25, 0.3) is 0 Å². The topological polar surface area (TPSA) is 89.7 Å². The molecule has 29 heavy (non-hydrogen) atoms. The van der Waals surface area contributed by atoms with Crippen molar-refractivity contribution in [3.63, 3.8) is 0 Å². The van der Waals surface area contributed by atoms with E-state index in [2.05, 4.69) is 10.3 Å². The largest absolute Gasteiger partial charge is 0.486 e. The van der Waals surface area contributed by atoms with Crippen LogP contribution in [0.1, 0.15) is 64.5 Å². The number of Topliss-reactive ketones (excluding diaryl/α,β-unsaturated/α-hetero) is 1. The van der Waals surface area contributed by atoms with Crippen LogP contribution in [0.4, 0.5) is 0 Å². The lowest BCUT2D eigenvalue weighted by atomic mass is 10.0. The zero-order valence-electron chi connectivity index (χ0n) is 17.5. The number of aromatic nitrogens is 1. The van der Waals surface area contributed by atoms with Gasteiger partial charge in [-0.1, -0.05) is 6.07 Å². The number of H-pyrrole nitrogens is 1. The van der Waals surface area contributed by atoms with Gasteiger partial charge in [0.1, 0.15) is 13.2 Å². The minimum atomic E-state index is -0.454. The number of hydrogen-bond acceptors (Lipinski definition) is 6. The van der Waals surface area contributed by atoms with Gasteiger partial charge in [0, 0.05) is 11.7 Å². The molecule has 2 N–H and O–H groups in total. The summed E-state index contributed by atoms with van der Waals surface area (Å²) in [6, 6.07) is 5.26. The molecule has 0 radical (unpaired) electrons. The van der Waals surface area contributed by atoms with Crippen LogP contribution >= 0.6 is 0 Å².